The molecule has 0 radical (unpaired) electrons. The third kappa shape index (κ3) is 4.53. The second-order valence-electron chi connectivity index (χ2n) is 7.89. The Kier molecular flexibility index (Phi) is 7.27. The summed E-state index contributed by atoms with van der Waals surface area (Å²) in [5, 5.41) is 10.4. The summed E-state index contributed by atoms with van der Waals surface area (Å²) in [5.41, 5.74) is 2.45. The Morgan fingerprint density at radius 1 is 1.06 bits per heavy atom. The van der Waals surface area contributed by atoms with Gasteiger partial charge in [0.2, 0.25) is 11.9 Å². The fourth-order valence-corrected chi connectivity index (χ4v) is 4.53. The van der Waals surface area contributed by atoms with Crippen molar-refractivity contribution in [2.75, 3.05) is 31.1 Å². The topological polar surface area (TPSA) is 102 Å². The predicted molar refractivity (Wildman–Crippen MR) is 131 cm³/mol. The fraction of sp³-hybridized carbons (Fsp3) is 0.417. The number of benzene rings is 1. The number of amides is 1. The number of anilines is 1. The lowest BCUT2D eigenvalue weighted by Crippen LogP contribution is -2.73. The minimum Gasteiger partial charge on any atom is -0.478 e. The van der Waals surface area contributed by atoms with Crippen LogP contribution in [0.5, 0.6) is 0 Å². The molecule has 4 heterocycles. The lowest BCUT2D eigenvalue weighted by Gasteiger charge is -2.59. The summed E-state index contributed by atoms with van der Waals surface area (Å²) in [6, 6.07) is 3.46. The molecular weight excluding hydrogens is 442 g/mol. The van der Waals surface area contributed by atoms with Crippen LogP contribution in [0.2, 0.25) is 5.02 Å². The Morgan fingerprint density at radius 3 is 2.21 bits per heavy atom. The zero-order chi connectivity index (χ0) is 24.3. The maximum Gasteiger partial charge on any atom is 0.337 e. The molecule has 0 unspecified atom stereocenters. The molecule has 2 aliphatic heterocycles. The molecule has 2 aromatic heterocycles. The number of carboxylic acid groups (broad SMARTS) is 1. The number of aromatic nitrogens is 3. The largest absolute Gasteiger partial charge is 0.478 e. The Labute approximate surface area is 198 Å². The van der Waals surface area contributed by atoms with Gasteiger partial charge in [0.25, 0.3) is 0 Å². The van der Waals surface area contributed by atoms with E-state index < -0.39 is 5.97 Å². The summed E-state index contributed by atoms with van der Waals surface area (Å²) in [5.74, 6) is -0.232. The van der Waals surface area contributed by atoms with E-state index in [0.29, 0.717) is 27.4 Å². The van der Waals surface area contributed by atoms with Crippen molar-refractivity contribution in [2.45, 2.75) is 34.6 Å². The number of rotatable bonds is 3. The Balaban J connectivity index is 0.000000728. The van der Waals surface area contributed by atoms with Gasteiger partial charge in [-0.3, -0.25) is 4.79 Å². The third-order valence-electron chi connectivity index (χ3n) is 5.78. The molecule has 1 amide bonds. The first-order valence-corrected chi connectivity index (χ1v) is 11.6. The molecule has 2 aliphatic rings. The molecule has 0 saturated carbocycles. The molecule has 0 bridgehead atoms. The number of carboxylic acids is 1. The highest BCUT2D eigenvalue weighted by atomic mass is 35.5. The van der Waals surface area contributed by atoms with Gasteiger partial charge in [0.1, 0.15) is 0 Å². The van der Waals surface area contributed by atoms with E-state index in [1.165, 1.54) is 6.20 Å². The van der Waals surface area contributed by atoms with Gasteiger partial charge in [0, 0.05) is 79.1 Å². The van der Waals surface area contributed by atoms with E-state index in [9.17, 15) is 14.7 Å². The molecule has 1 aromatic carbocycles. The van der Waals surface area contributed by atoms with E-state index in [-0.39, 0.29) is 16.9 Å². The predicted octanol–water partition coefficient (Wildman–Crippen LogP) is 4.70. The standard InChI is InChI=1S/C20H18ClN5O3.2C2H6/c1-11(27)25-7-20(8-25)9-26(10-20)19-23-4-12(5-24-19)13-2-14-15(18(28)29)6-22-17(14)3-16(13)21;2*1-2/h2-6,22H,7-10H2,1H3,(H,28,29);2*1-2H3. The van der Waals surface area contributed by atoms with E-state index in [4.69, 9.17) is 11.6 Å². The molecule has 2 N–H and O–H groups in total. The number of hydrogen-bond donors (Lipinski definition) is 2. The second kappa shape index (κ2) is 9.79. The van der Waals surface area contributed by atoms with Gasteiger partial charge >= 0.3 is 5.97 Å². The average molecular weight is 472 g/mol. The average Bonchev–Trinajstić information content (AvgIpc) is 3.17. The van der Waals surface area contributed by atoms with Crippen molar-refractivity contribution < 1.29 is 14.7 Å². The summed E-state index contributed by atoms with van der Waals surface area (Å²) in [4.78, 5) is 38.6. The summed E-state index contributed by atoms with van der Waals surface area (Å²) in [6.07, 6.45) is 4.87. The number of fused-ring (bicyclic) bond motifs is 1. The van der Waals surface area contributed by atoms with E-state index in [2.05, 4.69) is 19.9 Å². The monoisotopic (exact) mass is 471 g/mol. The number of H-pyrrole nitrogens is 1. The van der Waals surface area contributed by atoms with Gasteiger partial charge < -0.3 is 19.9 Å². The lowest BCUT2D eigenvalue weighted by atomic mass is 9.73. The van der Waals surface area contributed by atoms with Crippen molar-refractivity contribution >= 4 is 40.3 Å². The molecule has 0 aliphatic carbocycles. The normalized spacial score (nSPS) is 15.6. The van der Waals surface area contributed by atoms with E-state index in [1.54, 1.807) is 31.5 Å². The van der Waals surface area contributed by atoms with Crippen molar-refractivity contribution in [3.8, 4) is 11.1 Å². The number of nitrogens with zero attached hydrogens (tertiary/aromatic N) is 4. The number of aromatic carboxylic acids is 1. The highest BCUT2D eigenvalue weighted by molar-refractivity contribution is 6.34. The van der Waals surface area contributed by atoms with Crippen LogP contribution in [0.1, 0.15) is 45.0 Å². The van der Waals surface area contributed by atoms with Gasteiger partial charge in [-0.1, -0.05) is 39.3 Å². The van der Waals surface area contributed by atoms with Gasteiger partial charge in [-0.05, 0) is 12.1 Å². The first kappa shape index (κ1) is 24.5. The van der Waals surface area contributed by atoms with Crippen LogP contribution in [0.15, 0.2) is 30.7 Å². The van der Waals surface area contributed by atoms with Crippen LogP contribution < -0.4 is 4.90 Å². The molecule has 9 heteroatoms. The number of hydrogen-bond acceptors (Lipinski definition) is 5. The van der Waals surface area contributed by atoms with Gasteiger partial charge in [0.05, 0.1) is 10.6 Å². The Bertz CT molecular complexity index is 1140. The van der Waals surface area contributed by atoms with E-state index >= 15 is 0 Å². The molecule has 0 atom stereocenters. The molecule has 3 aromatic rings. The Morgan fingerprint density at radius 2 is 1.67 bits per heavy atom. The van der Waals surface area contributed by atoms with Crippen LogP contribution in [-0.2, 0) is 4.79 Å². The number of likely N-dealkylation sites (tertiary alicyclic amines) is 1. The quantitative estimate of drug-likeness (QED) is 0.574. The van der Waals surface area contributed by atoms with E-state index in [0.717, 1.165) is 31.7 Å². The highest BCUT2D eigenvalue weighted by Gasteiger charge is 2.53. The minimum absolute atomic E-state index is 0.122. The van der Waals surface area contributed by atoms with Crippen molar-refractivity contribution in [1.29, 1.82) is 0 Å². The lowest BCUT2D eigenvalue weighted by molar-refractivity contribution is -0.142. The molecule has 176 valence electrons. The van der Waals surface area contributed by atoms with Crippen molar-refractivity contribution in [2.24, 2.45) is 5.41 Å². The summed E-state index contributed by atoms with van der Waals surface area (Å²) in [6.45, 7) is 12.9. The van der Waals surface area contributed by atoms with Crippen LogP contribution in [-0.4, -0.2) is 63.0 Å². The van der Waals surface area contributed by atoms with Gasteiger partial charge in [-0.15, -0.1) is 0 Å². The molecule has 5 rings (SSSR count). The number of aromatic amines is 1. The summed E-state index contributed by atoms with van der Waals surface area (Å²) in [7, 11) is 0. The third-order valence-corrected chi connectivity index (χ3v) is 6.09. The first-order valence-electron chi connectivity index (χ1n) is 11.2. The van der Waals surface area contributed by atoms with Gasteiger partial charge in [-0.25, -0.2) is 14.8 Å². The highest BCUT2D eigenvalue weighted by Crippen LogP contribution is 2.41. The molecule has 2 saturated heterocycles. The smallest absolute Gasteiger partial charge is 0.337 e. The molecule has 8 nitrogen and oxygen atoms in total. The summed E-state index contributed by atoms with van der Waals surface area (Å²) < 4.78 is 0. The first-order chi connectivity index (χ1) is 15.8. The number of halogens is 1. The second-order valence-corrected chi connectivity index (χ2v) is 8.30. The van der Waals surface area contributed by atoms with Crippen LogP contribution in [0.3, 0.4) is 0 Å². The van der Waals surface area contributed by atoms with Gasteiger partial charge in [-0.2, -0.15) is 0 Å². The zero-order valence-corrected chi connectivity index (χ0v) is 20.4. The fourth-order valence-electron chi connectivity index (χ4n) is 4.26. The van der Waals surface area contributed by atoms with E-state index in [1.807, 2.05) is 32.6 Å². The number of carbonyl (C=O) groups excluding carboxylic acids is 1. The molecule has 1 spiro atoms. The maximum atomic E-state index is 11.4. The minimum atomic E-state index is -0.998. The van der Waals surface area contributed by atoms with Crippen molar-refractivity contribution in [1.82, 2.24) is 19.9 Å². The van der Waals surface area contributed by atoms with Crippen LogP contribution in [0.4, 0.5) is 5.95 Å². The van der Waals surface area contributed by atoms with Gasteiger partial charge in [0.15, 0.2) is 0 Å². The molecule has 33 heavy (non-hydrogen) atoms. The van der Waals surface area contributed by atoms with Crippen LogP contribution in [0.25, 0.3) is 22.0 Å². The SMILES string of the molecule is CC.CC.CC(=O)N1CC2(C1)CN(c1ncc(-c3cc4c(C(=O)O)c[nH]c4cc3Cl)cn1)C2. The van der Waals surface area contributed by atoms with Crippen LogP contribution in [0, 0.1) is 5.41 Å². The number of nitrogens with one attached hydrogen (secondary N) is 1. The maximum absolute atomic E-state index is 11.4. The zero-order valence-electron chi connectivity index (χ0n) is 19.6. The number of carbonyl (C=O) groups is 2. The van der Waals surface area contributed by atoms with Crippen LogP contribution >= 0.6 is 11.6 Å². The Hall–Kier alpha value is -3.13. The molecule has 2 fully saturated rings. The van der Waals surface area contributed by atoms with Crippen molar-refractivity contribution in [3.05, 3.63) is 41.3 Å². The summed E-state index contributed by atoms with van der Waals surface area (Å²) >= 11 is 6.40. The van der Waals surface area contributed by atoms with Crippen molar-refractivity contribution in [3.63, 3.8) is 0 Å². The molecular formula is C24H30ClN5O3.